The van der Waals surface area contributed by atoms with E-state index >= 15 is 0 Å². The van der Waals surface area contributed by atoms with Crippen LogP contribution in [0, 0.1) is 13.8 Å². The van der Waals surface area contributed by atoms with Gasteiger partial charge >= 0.3 is 0 Å². The summed E-state index contributed by atoms with van der Waals surface area (Å²) in [6, 6.07) is 103. The highest BCUT2D eigenvalue weighted by Gasteiger charge is 2.21. The van der Waals surface area contributed by atoms with Crippen LogP contribution in [-0.2, 0) is 0 Å². The smallest absolute Gasteiger partial charge is 0.0708 e. The largest absolute Gasteiger partial charge is 0.256 e. The van der Waals surface area contributed by atoms with Gasteiger partial charge in [0.05, 0.1) is 11.4 Å². The van der Waals surface area contributed by atoms with Gasteiger partial charge in [-0.15, -0.1) is 11.3 Å². The van der Waals surface area contributed by atoms with Crippen molar-refractivity contribution >= 4 is 96.1 Å². The Hall–Kier alpha value is -10.8. The summed E-state index contributed by atoms with van der Waals surface area (Å²) in [5.41, 5.74) is 21.0. The second-order valence-corrected chi connectivity index (χ2v) is 24.2. The maximum Gasteiger partial charge on any atom is 0.0708 e. The van der Waals surface area contributed by atoms with E-state index in [0.29, 0.717) is 0 Å². The number of hydrogen-bond donors (Lipinski definition) is 0. The quantitative estimate of drug-likeness (QED) is 0.142. The Labute approximate surface area is 508 Å². The van der Waals surface area contributed by atoms with Crippen molar-refractivity contribution in [2.75, 3.05) is 0 Å². The Balaban J connectivity index is 0.772. The summed E-state index contributed by atoms with van der Waals surface area (Å²) in [6.45, 7) is 4.61. The number of fused-ring (bicyclic) bond motifs is 15. The molecule has 0 amide bonds. The van der Waals surface area contributed by atoms with Crippen LogP contribution < -0.4 is 0 Å². The maximum atomic E-state index is 5.23. The maximum absolute atomic E-state index is 5.23. The molecule has 0 aliphatic rings. The zero-order valence-electron chi connectivity index (χ0n) is 48.0. The van der Waals surface area contributed by atoms with Crippen molar-refractivity contribution in [2.24, 2.45) is 0 Å². The fraction of sp³-hybridized carbons (Fsp3) is 0.0238. The van der Waals surface area contributed by atoms with E-state index in [0.717, 1.165) is 39.0 Å². The molecule has 87 heavy (non-hydrogen) atoms. The van der Waals surface area contributed by atoms with Crippen LogP contribution in [0.1, 0.15) is 11.1 Å². The van der Waals surface area contributed by atoms with Crippen LogP contribution in [0.2, 0.25) is 0 Å². The number of thiophene rings is 1. The molecular weight excluding hydrogens is 1070 g/mol. The molecule has 2 nitrogen and oxygen atoms in total. The van der Waals surface area contributed by atoms with Crippen LogP contribution in [0.5, 0.6) is 0 Å². The number of rotatable bonds is 8. The molecule has 406 valence electrons. The highest BCUT2D eigenvalue weighted by Crippen LogP contribution is 2.47. The van der Waals surface area contributed by atoms with Crippen LogP contribution >= 0.6 is 11.3 Å². The van der Waals surface area contributed by atoms with Gasteiger partial charge in [0.2, 0.25) is 0 Å². The molecule has 0 unspecified atom stereocenters. The third kappa shape index (κ3) is 8.38. The van der Waals surface area contributed by atoms with E-state index in [1.165, 1.54) is 146 Å². The fourth-order valence-corrected chi connectivity index (χ4v) is 15.4. The van der Waals surface area contributed by atoms with Gasteiger partial charge in [0.15, 0.2) is 0 Å². The molecule has 0 bridgehead atoms. The average molecular weight is 1120 g/mol. The van der Waals surface area contributed by atoms with E-state index in [9.17, 15) is 0 Å². The van der Waals surface area contributed by atoms with Crippen molar-refractivity contribution in [1.82, 2.24) is 9.97 Å². The van der Waals surface area contributed by atoms with E-state index in [1.807, 2.05) is 11.3 Å². The van der Waals surface area contributed by atoms with Crippen molar-refractivity contribution < 1.29 is 0 Å². The summed E-state index contributed by atoms with van der Waals surface area (Å²) >= 11 is 1.88. The Morgan fingerprint density at radius 3 is 1.28 bits per heavy atom. The molecule has 3 heteroatoms. The van der Waals surface area contributed by atoms with Crippen molar-refractivity contribution in [1.29, 1.82) is 0 Å². The van der Waals surface area contributed by atoms with E-state index in [2.05, 4.69) is 305 Å². The van der Waals surface area contributed by atoms with Crippen molar-refractivity contribution in [3.63, 3.8) is 0 Å². The Morgan fingerprint density at radius 1 is 0.230 bits per heavy atom. The van der Waals surface area contributed by atoms with Gasteiger partial charge in [-0.05, 0) is 188 Å². The highest BCUT2D eigenvalue weighted by molar-refractivity contribution is 7.26. The van der Waals surface area contributed by atoms with E-state index in [4.69, 9.17) is 9.97 Å². The number of aromatic nitrogens is 2. The van der Waals surface area contributed by atoms with Crippen molar-refractivity contribution in [3.05, 3.63) is 303 Å². The topological polar surface area (TPSA) is 25.8 Å². The number of benzene rings is 14. The van der Waals surface area contributed by atoms with E-state index < -0.39 is 0 Å². The summed E-state index contributed by atoms with van der Waals surface area (Å²) in [6.07, 6.45) is 4.17. The van der Waals surface area contributed by atoms with Gasteiger partial charge in [-0.3, -0.25) is 9.97 Å². The molecule has 17 aromatic rings. The molecule has 14 aromatic carbocycles. The molecule has 3 heterocycles. The van der Waals surface area contributed by atoms with Crippen LogP contribution in [-0.4, -0.2) is 9.97 Å². The molecule has 3 aromatic heterocycles. The lowest BCUT2D eigenvalue weighted by atomic mass is 9.82. The zero-order valence-corrected chi connectivity index (χ0v) is 48.8. The fourth-order valence-electron chi connectivity index (χ4n) is 14.1. The lowest BCUT2D eigenvalue weighted by Crippen LogP contribution is -1.97. The molecule has 0 radical (unpaired) electrons. The first-order chi connectivity index (χ1) is 43.0. The summed E-state index contributed by atoms with van der Waals surface area (Å²) in [5.74, 6) is 0. The first kappa shape index (κ1) is 50.7. The molecule has 0 spiro atoms. The number of nitrogens with zero attached hydrogens (tertiary/aromatic N) is 2. The Bertz CT molecular complexity index is 5640. The minimum absolute atomic E-state index is 0.947. The SMILES string of the molecule is Cc1c(-c2cccc(-c3cc4c5ccccc5c5ccccc5c4cn3)c2)cccc1-c1c(-c2ccc3c(c2)c2ccccc2c2cnc(-c4cccc(-c5cccc(-c6cccc7c6sc6ccccc67)c5)c4)cc32)ccc(-c2ccccc2)c1C. The van der Waals surface area contributed by atoms with Crippen LogP contribution in [0.15, 0.2) is 291 Å². The molecular formula is C84H54N2S. The van der Waals surface area contributed by atoms with Gasteiger partial charge in [0.1, 0.15) is 0 Å². The second kappa shape index (κ2) is 20.5. The molecule has 17 rings (SSSR count). The van der Waals surface area contributed by atoms with Crippen LogP contribution in [0.4, 0.5) is 0 Å². The molecule has 0 saturated carbocycles. The Morgan fingerprint density at radius 2 is 0.632 bits per heavy atom. The predicted molar refractivity (Wildman–Crippen MR) is 373 cm³/mol. The lowest BCUT2D eigenvalue weighted by Gasteiger charge is -2.21. The molecule has 0 aliphatic heterocycles. The first-order valence-corrected chi connectivity index (χ1v) is 30.7. The monoisotopic (exact) mass is 1120 g/mol. The van der Waals surface area contributed by atoms with Gasteiger partial charge < -0.3 is 0 Å². The first-order valence-electron chi connectivity index (χ1n) is 29.9. The van der Waals surface area contributed by atoms with Gasteiger partial charge in [-0.1, -0.05) is 237 Å². The highest BCUT2D eigenvalue weighted by atomic mass is 32.1. The van der Waals surface area contributed by atoms with E-state index in [-0.39, 0.29) is 0 Å². The van der Waals surface area contributed by atoms with Crippen LogP contribution in [0.3, 0.4) is 0 Å². The Kier molecular flexibility index (Phi) is 11.9. The summed E-state index contributed by atoms with van der Waals surface area (Å²) in [7, 11) is 0. The van der Waals surface area contributed by atoms with Gasteiger partial charge in [-0.25, -0.2) is 0 Å². The molecule has 0 fully saturated rings. The van der Waals surface area contributed by atoms with Crippen molar-refractivity contribution in [2.45, 2.75) is 13.8 Å². The molecule has 0 saturated heterocycles. The standard InChI is InChI=1S/C84H54N2S/c1-51-61(56-23-16-26-60(45-56)81-47-76-68-29-8-6-27-66(68)67-28-7-10-31-70(67)78(76)49-86-81)34-17-35-63(51)83-52(2)62(53-19-4-3-5-20-53)41-42-64(83)58-39-40-72-75(46-58)69-30-9-11-32-71(69)79-50-85-80(48-77(72)79)59-25-15-22-55(44-59)54-21-14-24-57(43-54)65-36-18-37-74-73-33-12-13-38-82(73)87-84(65)74/h3-50H,1-2H3. The summed E-state index contributed by atoms with van der Waals surface area (Å²) in [4.78, 5) is 10.4. The minimum Gasteiger partial charge on any atom is -0.256 e. The molecule has 0 aliphatic carbocycles. The second-order valence-electron chi connectivity index (χ2n) is 23.2. The third-order valence-electron chi connectivity index (χ3n) is 18.4. The summed E-state index contributed by atoms with van der Waals surface area (Å²) in [5, 5.41) is 17.2. The van der Waals surface area contributed by atoms with Crippen molar-refractivity contribution in [3.8, 4) is 89.3 Å². The zero-order chi connectivity index (χ0) is 57.7. The molecule has 0 atom stereocenters. The number of hydrogen-bond acceptors (Lipinski definition) is 3. The lowest BCUT2D eigenvalue weighted by molar-refractivity contribution is 1.36. The third-order valence-corrected chi connectivity index (χ3v) is 19.6. The predicted octanol–water partition coefficient (Wildman–Crippen LogP) is 23.7. The van der Waals surface area contributed by atoms with Gasteiger partial charge in [0.25, 0.3) is 0 Å². The average Bonchev–Trinajstić information content (AvgIpc) is 1.76. The number of pyridine rings is 2. The normalized spacial score (nSPS) is 11.8. The van der Waals surface area contributed by atoms with Gasteiger partial charge in [0, 0.05) is 54.5 Å². The minimum atomic E-state index is 0.947. The summed E-state index contributed by atoms with van der Waals surface area (Å²) < 4.78 is 2.64. The van der Waals surface area contributed by atoms with Crippen LogP contribution in [0.25, 0.3) is 174 Å². The molecule has 0 N–H and O–H groups in total. The van der Waals surface area contributed by atoms with E-state index in [1.54, 1.807) is 0 Å². The van der Waals surface area contributed by atoms with Gasteiger partial charge in [-0.2, -0.15) is 0 Å².